The van der Waals surface area contributed by atoms with Crippen LogP contribution in [0.25, 0.3) is 0 Å². The van der Waals surface area contributed by atoms with Crippen molar-refractivity contribution < 1.29 is 14.3 Å². The molecular weight excluding hydrogens is 386 g/mol. The van der Waals surface area contributed by atoms with Gasteiger partial charge < -0.3 is 14.4 Å². The third kappa shape index (κ3) is 2.57. The molecule has 0 radical (unpaired) electrons. The summed E-state index contributed by atoms with van der Waals surface area (Å²) in [6, 6.07) is 11.5. The number of carbonyl (C=O) groups is 1. The Balaban J connectivity index is 1.61. The smallest absolute Gasteiger partial charge is 0.247 e. The van der Waals surface area contributed by atoms with Crippen molar-refractivity contribution in [2.24, 2.45) is 0 Å². The molecule has 6 nitrogen and oxygen atoms in total. The Hall–Kier alpha value is -2.93. The number of nitrogens with zero attached hydrogens (tertiary/aromatic N) is 3. The zero-order valence-electron chi connectivity index (χ0n) is 16.5. The minimum atomic E-state index is -0.947. The van der Waals surface area contributed by atoms with Crippen LogP contribution in [0.2, 0.25) is 0 Å². The Labute approximate surface area is 173 Å². The molecule has 0 saturated heterocycles. The van der Waals surface area contributed by atoms with E-state index in [4.69, 9.17) is 14.5 Å². The number of anilines is 1. The lowest BCUT2D eigenvalue weighted by molar-refractivity contribution is -0.122. The molecule has 5 rings (SSSR count). The summed E-state index contributed by atoms with van der Waals surface area (Å²) in [5.41, 5.74) is 2.38. The fourth-order valence-electron chi connectivity index (χ4n) is 4.09. The number of rotatable bonds is 4. The molecule has 1 atom stereocenters. The van der Waals surface area contributed by atoms with Crippen molar-refractivity contribution in [1.29, 1.82) is 0 Å². The van der Waals surface area contributed by atoms with Crippen LogP contribution < -0.4 is 14.4 Å². The topological polar surface area (TPSA) is 64.6 Å². The minimum absolute atomic E-state index is 0.0303. The Kier molecular flexibility index (Phi) is 4.10. The van der Waals surface area contributed by atoms with Crippen molar-refractivity contribution in [2.45, 2.75) is 31.7 Å². The maximum atomic E-state index is 13.8. The van der Waals surface area contributed by atoms with Crippen LogP contribution in [0.1, 0.15) is 41.7 Å². The number of hydrogen-bond acceptors (Lipinski definition) is 6. The second kappa shape index (κ2) is 6.56. The van der Waals surface area contributed by atoms with Crippen molar-refractivity contribution in [2.75, 3.05) is 18.6 Å². The summed E-state index contributed by atoms with van der Waals surface area (Å²) in [5, 5.41) is 3.12. The standard InChI is InChI=1S/C22H21N3O3S/c1-13(2)20-23-14(11-29-20)10-25-16-7-5-4-6-15(16)22(21(25)26)12-28-17-8-9-18(27-3)24-19(17)22/h4-9,11,13H,10,12H2,1-3H3. The van der Waals surface area contributed by atoms with Gasteiger partial charge in [0, 0.05) is 28.6 Å². The first-order chi connectivity index (χ1) is 14.0. The SMILES string of the molecule is COc1ccc2c(n1)C1(CO2)C(=O)N(Cc2csc(C(C)C)n2)c2ccccc21. The zero-order chi connectivity index (χ0) is 20.2. The largest absolute Gasteiger partial charge is 0.490 e. The highest BCUT2D eigenvalue weighted by molar-refractivity contribution is 7.09. The van der Waals surface area contributed by atoms with Crippen LogP contribution in [-0.4, -0.2) is 29.6 Å². The van der Waals surface area contributed by atoms with Gasteiger partial charge in [-0.2, -0.15) is 0 Å². The molecule has 3 aromatic rings. The first kappa shape index (κ1) is 18.1. The fourth-order valence-corrected chi connectivity index (χ4v) is 4.92. The van der Waals surface area contributed by atoms with E-state index >= 15 is 0 Å². The van der Waals surface area contributed by atoms with Crippen molar-refractivity contribution in [3.05, 3.63) is 63.7 Å². The summed E-state index contributed by atoms with van der Waals surface area (Å²) in [5.74, 6) is 1.44. The van der Waals surface area contributed by atoms with E-state index in [1.807, 2.05) is 40.6 Å². The lowest BCUT2D eigenvalue weighted by Crippen LogP contribution is -2.42. The Bertz CT molecular complexity index is 1110. The predicted molar refractivity (Wildman–Crippen MR) is 111 cm³/mol. The van der Waals surface area contributed by atoms with E-state index in [0.29, 0.717) is 29.8 Å². The lowest BCUT2D eigenvalue weighted by Gasteiger charge is -2.22. The lowest BCUT2D eigenvalue weighted by atomic mass is 9.80. The van der Waals surface area contributed by atoms with E-state index in [-0.39, 0.29) is 12.5 Å². The number of fused-ring (bicyclic) bond motifs is 4. The number of thiazole rings is 1. The summed E-state index contributed by atoms with van der Waals surface area (Å²) >= 11 is 1.64. The molecule has 148 valence electrons. The summed E-state index contributed by atoms with van der Waals surface area (Å²) < 4.78 is 11.2. The molecular formula is C22H21N3O3S. The fraction of sp³-hybridized carbons (Fsp3) is 0.318. The van der Waals surface area contributed by atoms with Crippen LogP contribution in [0.4, 0.5) is 5.69 Å². The third-order valence-electron chi connectivity index (χ3n) is 5.54. The van der Waals surface area contributed by atoms with Crippen molar-refractivity contribution in [1.82, 2.24) is 9.97 Å². The highest BCUT2D eigenvalue weighted by Gasteiger charge is 2.58. The summed E-state index contributed by atoms with van der Waals surface area (Å²) in [4.78, 5) is 25.0. The molecule has 2 aliphatic rings. The van der Waals surface area contributed by atoms with Crippen LogP contribution in [0.15, 0.2) is 41.8 Å². The van der Waals surface area contributed by atoms with Crippen molar-refractivity contribution in [3.8, 4) is 11.6 Å². The van der Waals surface area contributed by atoms with Crippen molar-refractivity contribution >= 4 is 22.9 Å². The van der Waals surface area contributed by atoms with Gasteiger partial charge in [0.1, 0.15) is 18.1 Å². The predicted octanol–water partition coefficient (Wildman–Crippen LogP) is 3.90. The average molecular weight is 407 g/mol. The monoisotopic (exact) mass is 407 g/mol. The number of pyridine rings is 1. The molecule has 29 heavy (non-hydrogen) atoms. The molecule has 1 unspecified atom stereocenters. The van der Waals surface area contributed by atoms with Gasteiger partial charge in [-0.25, -0.2) is 9.97 Å². The Morgan fingerprint density at radius 2 is 2.07 bits per heavy atom. The van der Waals surface area contributed by atoms with E-state index in [1.54, 1.807) is 24.5 Å². The number of benzene rings is 1. The molecule has 0 saturated carbocycles. The molecule has 1 spiro atoms. The van der Waals surface area contributed by atoms with Crippen LogP contribution in [0, 0.1) is 0 Å². The molecule has 1 aromatic carbocycles. The van der Waals surface area contributed by atoms with E-state index in [0.717, 1.165) is 22.0 Å². The number of hydrogen-bond donors (Lipinski definition) is 0. The molecule has 0 N–H and O–H groups in total. The van der Waals surface area contributed by atoms with Gasteiger partial charge in [-0.15, -0.1) is 11.3 Å². The zero-order valence-corrected chi connectivity index (χ0v) is 17.3. The summed E-state index contributed by atoms with van der Waals surface area (Å²) in [6.07, 6.45) is 0. The van der Waals surface area contributed by atoms with E-state index in [2.05, 4.69) is 18.8 Å². The molecule has 0 aliphatic carbocycles. The quantitative estimate of drug-likeness (QED) is 0.656. The second-order valence-electron chi connectivity index (χ2n) is 7.63. The average Bonchev–Trinajstić information content (AvgIpc) is 3.42. The highest BCUT2D eigenvalue weighted by Crippen LogP contribution is 2.52. The first-order valence-corrected chi connectivity index (χ1v) is 10.5. The van der Waals surface area contributed by atoms with Gasteiger partial charge in [-0.05, 0) is 12.1 Å². The number of methoxy groups -OCH3 is 1. The van der Waals surface area contributed by atoms with Gasteiger partial charge in [0.25, 0.3) is 0 Å². The van der Waals surface area contributed by atoms with E-state index in [9.17, 15) is 4.79 Å². The van der Waals surface area contributed by atoms with Crippen LogP contribution in [0.5, 0.6) is 11.6 Å². The summed E-state index contributed by atoms with van der Waals surface area (Å²) in [7, 11) is 1.57. The van der Waals surface area contributed by atoms with Crippen LogP contribution in [0.3, 0.4) is 0 Å². The number of amides is 1. The minimum Gasteiger partial charge on any atom is -0.490 e. The Morgan fingerprint density at radius 1 is 1.24 bits per heavy atom. The molecule has 0 bridgehead atoms. The number of ether oxygens (including phenoxy) is 2. The maximum Gasteiger partial charge on any atom is 0.247 e. The molecule has 1 amide bonds. The van der Waals surface area contributed by atoms with Gasteiger partial charge in [0.2, 0.25) is 11.8 Å². The van der Waals surface area contributed by atoms with Crippen LogP contribution in [-0.2, 0) is 16.8 Å². The van der Waals surface area contributed by atoms with E-state index in [1.165, 1.54) is 0 Å². The first-order valence-electron chi connectivity index (χ1n) is 9.58. The van der Waals surface area contributed by atoms with Gasteiger partial charge in [0.15, 0.2) is 5.41 Å². The number of para-hydroxylation sites is 1. The van der Waals surface area contributed by atoms with E-state index < -0.39 is 5.41 Å². The maximum absolute atomic E-state index is 13.8. The third-order valence-corrected chi connectivity index (χ3v) is 6.73. The van der Waals surface area contributed by atoms with Gasteiger partial charge in [-0.1, -0.05) is 32.0 Å². The van der Waals surface area contributed by atoms with Gasteiger partial charge in [0.05, 0.1) is 24.4 Å². The molecule has 7 heteroatoms. The molecule has 4 heterocycles. The Morgan fingerprint density at radius 3 is 2.83 bits per heavy atom. The van der Waals surface area contributed by atoms with Gasteiger partial charge >= 0.3 is 0 Å². The summed E-state index contributed by atoms with van der Waals surface area (Å²) in [6.45, 7) is 4.92. The normalized spacial score (nSPS) is 19.6. The second-order valence-corrected chi connectivity index (χ2v) is 8.52. The van der Waals surface area contributed by atoms with Crippen molar-refractivity contribution in [3.63, 3.8) is 0 Å². The number of carbonyl (C=O) groups excluding carboxylic acids is 1. The molecule has 0 fully saturated rings. The highest BCUT2D eigenvalue weighted by atomic mass is 32.1. The number of aromatic nitrogens is 2. The van der Waals surface area contributed by atoms with Gasteiger partial charge in [-0.3, -0.25) is 4.79 Å². The molecule has 2 aromatic heterocycles. The van der Waals surface area contributed by atoms with Crippen LogP contribution >= 0.6 is 11.3 Å². The molecule has 2 aliphatic heterocycles.